The fraction of sp³-hybridized carbons (Fsp3) is 0.458. The number of amides is 2. The van der Waals surface area contributed by atoms with Crippen LogP contribution in [0.2, 0.25) is 0 Å². The molecule has 62 heavy (non-hydrogen) atoms. The highest BCUT2D eigenvalue weighted by Gasteiger charge is 2.56. The van der Waals surface area contributed by atoms with E-state index >= 15 is 0 Å². The van der Waals surface area contributed by atoms with Crippen LogP contribution in [0.4, 0.5) is 0 Å². The number of aromatic nitrogens is 4. The summed E-state index contributed by atoms with van der Waals surface area (Å²) in [5.74, 6) is -0.597. The van der Waals surface area contributed by atoms with E-state index in [2.05, 4.69) is 44.2 Å². The normalized spacial score (nSPS) is 25.0. The van der Waals surface area contributed by atoms with Crippen LogP contribution in [-0.2, 0) is 35.8 Å². The Kier molecular flexibility index (Phi) is 14.4. The Balaban J connectivity index is 0.000000186. The van der Waals surface area contributed by atoms with Crippen LogP contribution >= 0.6 is 0 Å². The second-order valence-corrected chi connectivity index (χ2v) is 16.6. The van der Waals surface area contributed by atoms with Crippen LogP contribution in [-0.4, -0.2) is 89.3 Å². The first kappa shape index (κ1) is 44.5. The smallest absolute Gasteiger partial charge is 0.258 e. The number of pyridine rings is 4. The van der Waals surface area contributed by atoms with Gasteiger partial charge in [-0.25, -0.2) is 0 Å². The first-order chi connectivity index (χ1) is 30.2. The van der Waals surface area contributed by atoms with Gasteiger partial charge in [-0.05, 0) is 88.3 Å². The van der Waals surface area contributed by atoms with Crippen molar-refractivity contribution in [2.24, 2.45) is 23.7 Å². The molecule has 0 aliphatic carbocycles. The van der Waals surface area contributed by atoms with Gasteiger partial charge in [0.25, 0.3) is 11.1 Å². The predicted octanol–water partition coefficient (Wildman–Crippen LogP) is 3.93. The Morgan fingerprint density at radius 3 is 1.42 bits per heavy atom. The maximum atomic E-state index is 13.3. The van der Waals surface area contributed by atoms with Gasteiger partial charge in [0.15, 0.2) is 0 Å². The van der Waals surface area contributed by atoms with E-state index in [1.165, 1.54) is 0 Å². The number of aliphatic hydroxyl groups excluding tert-OH is 2. The lowest BCUT2D eigenvalue weighted by molar-refractivity contribution is -0.128. The van der Waals surface area contributed by atoms with Crippen molar-refractivity contribution >= 4 is 24.0 Å². The molecule has 8 heterocycles. The summed E-state index contributed by atoms with van der Waals surface area (Å²) < 4.78 is 3.66. The van der Waals surface area contributed by atoms with Crippen molar-refractivity contribution in [3.8, 4) is 0 Å². The number of allylic oxidation sites excluding steroid dienone is 2. The molecule has 14 nitrogen and oxygen atoms in total. The van der Waals surface area contributed by atoms with Gasteiger partial charge in [0.1, 0.15) is 0 Å². The van der Waals surface area contributed by atoms with Gasteiger partial charge in [-0.3, -0.25) is 38.9 Å². The minimum atomic E-state index is -0.428. The van der Waals surface area contributed by atoms with E-state index in [-0.39, 0.29) is 71.9 Å². The number of likely N-dealkylation sites (tertiary alicyclic amines) is 2. The summed E-state index contributed by atoms with van der Waals surface area (Å²) in [4.78, 5) is 65.3. The van der Waals surface area contributed by atoms with Crippen molar-refractivity contribution in [1.29, 1.82) is 0 Å². The molecule has 0 aromatic carbocycles. The zero-order valence-corrected chi connectivity index (χ0v) is 36.1. The van der Waals surface area contributed by atoms with E-state index in [0.29, 0.717) is 37.3 Å². The highest BCUT2D eigenvalue weighted by Crippen LogP contribution is 2.50. The van der Waals surface area contributed by atoms with Crippen molar-refractivity contribution in [3.05, 3.63) is 140 Å². The molecular formula is C48H60N8O6. The molecule has 0 radical (unpaired) electrons. The van der Waals surface area contributed by atoms with Crippen molar-refractivity contribution in [1.82, 2.24) is 39.5 Å². The lowest BCUT2D eigenvalue weighted by Gasteiger charge is -2.30. The molecule has 8 rings (SSSR count). The summed E-state index contributed by atoms with van der Waals surface area (Å²) in [5.41, 5.74) is 4.79. The minimum Gasteiger partial charge on any atom is -0.396 e. The molecule has 4 aromatic heterocycles. The molecule has 4 aromatic rings. The van der Waals surface area contributed by atoms with Crippen LogP contribution in [0.5, 0.6) is 0 Å². The monoisotopic (exact) mass is 844 g/mol. The van der Waals surface area contributed by atoms with Gasteiger partial charge in [0, 0.05) is 84.9 Å². The first-order valence-corrected chi connectivity index (χ1v) is 22.0. The number of nitrogens with one attached hydrogen (secondary N) is 2. The Hall–Kier alpha value is -5.54. The summed E-state index contributed by atoms with van der Waals surface area (Å²) in [5, 5.41) is 26.6. The zero-order chi connectivity index (χ0) is 43.9. The van der Waals surface area contributed by atoms with Crippen LogP contribution in [0.1, 0.15) is 86.5 Å². The molecule has 0 bridgehead atoms. The number of fused-ring (bicyclic) bond motifs is 6. The molecule has 0 saturated carbocycles. The van der Waals surface area contributed by atoms with E-state index < -0.39 is 12.1 Å². The topological polar surface area (TPSA) is 175 Å². The number of rotatable bonds is 14. The van der Waals surface area contributed by atoms with Crippen molar-refractivity contribution < 1.29 is 19.8 Å². The van der Waals surface area contributed by atoms with E-state index in [4.69, 9.17) is 0 Å². The average molecular weight is 845 g/mol. The Bertz CT molecular complexity index is 2200. The molecule has 8 atom stereocenters. The fourth-order valence-corrected chi connectivity index (χ4v) is 10.5. The van der Waals surface area contributed by atoms with Crippen LogP contribution in [0.15, 0.2) is 94.8 Å². The Morgan fingerprint density at radius 2 is 1.08 bits per heavy atom. The highest BCUT2D eigenvalue weighted by atomic mass is 16.3. The highest BCUT2D eigenvalue weighted by molar-refractivity contribution is 5.83. The first-order valence-electron chi connectivity index (χ1n) is 22.0. The number of carbonyl (C=O) groups is 2. The molecule has 14 heteroatoms. The number of nitrogens with zero attached hydrogens (tertiary/aromatic N) is 6. The van der Waals surface area contributed by atoms with E-state index in [1.54, 1.807) is 12.4 Å². The SMILES string of the molecule is C/C=C/c1ccc2n(c1=O)C[C@H]1[C@H](CO)[C@@H](C(=O)NCc3ccccn3)N(CCC)[C@@H]21.C/C=C\c1ccc2n(c1=O)C[C@H]1[C@H](CO)[C@@H](C(=O)NCc3ccccn3)N(CCC)[C@@H]21. The van der Waals surface area contributed by atoms with Gasteiger partial charge in [-0.15, -0.1) is 0 Å². The molecule has 328 valence electrons. The standard InChI is InChI=1S/2C24H30N4O3/c2*1-3-7-16-9-10-20-21-18(14-28(20)24(16)31)19(15-29)22(27(21)12-4-2)23(30)26-13-17-8-5-6-11-25-17/h2*3,5-11,18-19,21-22,29H,4,12-15H2,1-2H3,(H,26,30)/b7-3+;7-3-/t2*18-,19-,21+,22-/m00/s1. The fourth-order valence-electron chi connectivity index (χ4n) is 10.5. The van der Waals surface area contributed by atoms with Crippen LogP contribution < -0.4 is 21.8 Å². The molecule has 2 saturated heterocycles. The third-order valence-corrected chi connectivity index (χ3v) is 13.0. The second kappa shape index (κ2) is 20.1. The van der Waals surface area contributed by atoms with Crippen molar-refractivity contribution in [3.63, 3.8) is 0 Å². The predicted molar refractivity (Wildman–Crippen MR) is 238 cm³/mol. The Morgan fingerprint density at radius 1 is 0.661 bits per heavy atom. The lowest BCUT2D eigenvalue weighted by Crippen LogP contribution is -2.48. The lowest BCUT2D eigenvalue weighted by atomic mass is 9.88. The van der Waals surface area contributed by atoms with Gasteiger partial charge >= 0.3 is 0 Å². The summed E-state index contributed by atoms with van der Waals surface area (Å²) in [6.45, 7) is 11.0. The molecule has 4 aliphatic heterocycles. The van der Waals surface area contributed by atoms with Crippen LogP contribution in [0, 0.1) is 23.7 Å². The van der Waals surface area contributed by atoms with Gasteiger partial charge < -0.3 is 30.0 Å². The van der Waals surface area contributed by atoms with E-state index in [9.17, 15) is 29.4 Å². The second-order valence-electron chi connectivity index (χ2n) is 16.6. The third-order valence-electron chi connectivity index (χ3n) is 13.0. The summed E-state index contributed by atoms with van der Waals surface area (Å²) in [7, 11) is 0. The van der Waals surface area contributed by atoms with Gasteiger partial charge in [-0.2, -0.15) is 0 Å². The molecule has 0 spiro atoms. The molecular weight excluding hydrogens is 785 g/mol. The largest absolute Gasteiger partial charge is 0.396 e. The number of carbonyl (C=O) groups excluding carboxylic acids is 2. The maximum Gasteiger partial charge on any atom is 0.258 e. The maximum absolute atomic E-state index is 13.3. The third kappa shape index (κ3) is 8.61. The number of hydrogen-bond acceptors (Lipinski definition) is 10. The van der Waals surface area contributed by atoms with Crippen molar-refractivity contribution in [2.75, 3.05) is 26.3 Å². The molecule has 2 fully saturated rings. The molecule has 4 N–H and O–H groups in total. The summed E-state index contributed by atoms with van der Waals surface area (Å²) in [6, 6.07) is 18.0. The number of aliphatic hydroxyl groups is 2. The summed E-state index contributed by atoms with van der Waals surface area (Å²) in [6.07, 6.45) is 12.5. The van der Waals surface area contributed by atoms with E-state index in [1.807, 2.05) is 108 Å². The van der Waals surface area contributed by atoms with Crippen LogP contribution in [0.3, 0.4) is 0 Å². The number of hydrogen-bond donors (Lipinski definition) is 4. The molecule has 2 amide bonds. The zero-order valence-electron chi connectivity index (χ0n) is 36.1. The van der Waals surface area contributed by atoms with Gasteiger partial charge in [0.05, 0.1) is 48.6 Å². The molecule has 4 aliphatic rings. The van der Waals surface area contributed by atoms with Gasteiger partial charge in [-0.1, -0.05) is 50.3 Å². The average Bonchev–Trinajstić information content (AvgIpc) is 4.03. The summed E-state index contributed by atoms with van der Waals surface area (Å²) >= 11 is 0. The van der Waals surface area contributed by atoms with Gasteiger partial charge in [0.2, 0.25) is 11.8 Å². The Labute approximate surface area is 363 Å². The molecule has 0 unspecified atom stereocenters. The van der Waals surface area contributed by atoms with Crippen LogP contribution in [0.25, 0.3) is 12.2 Å². The minimum absolute atomic E-state index is 0.00529. The van der Waals surface area contributed by atoms with Crippen molar-refractivity contribution in [2.45, 2.75) is 90.9 Å². The quantitative estimate of drug-likeness (QED) is 0.146. The van der Waals surface area contributed by atoms with E-state index in [0.717, 1.165) is 48.7 Å².